The summed E-state index contributed by atoms with van der Waals surface area (Å²) in [6.45, 7) is 1.84. The summed E-state index contributed by atoms with van der Waals surface area (Å²) >= 11 is 0. The molecule has 1 fully saturated rings. The molecule has 3 aromatic carbocycles. The summed E-state index contributed by atoms with van der Waals surface area (Å²) in [7, 11) is 0. The maximum atomic E-state index is 12.8. The monoisotopic (exact) mass is 355 g/mol. The zero-order chi connectivity index (χ0) is 18.7. The van der Waals surface area contributed by atoms with Gasteiger partial charge in [-0.1, -0.05) is 96.2 Å². The number of oxime groups is 1. The van der Waals surface area contributed by atoms with Crippen LogP contribution >= 0.6 is 0 Å². The van der Waals surface area contributed by atoms with Crippen LogP contribution in [-0.4, -0.2) is 11.7 Å². The van der Waals surface area contributed by atoms with Crippen LogP contribution in [0.2, 0.25) is 0 Å². The first-order valence-corrected chi connectivity index (χ1v) is 9.14. The molecule has 0 radical (unpaired) electrons. The van der Waals surface area contributed by atoms with Crippen molar-refractivity contribution in [3.05, 3.63) is 108 Å². The fourth-order valence-corrected chi connectivity index (χ4v) is 3.73. The van der Waals surface area contributed by atoms with Crippen LogP contribution < -0.4 is 0 Å². The topological polar surface area (TPSA) is 38.7 Å². The van der Waals surface area contributed by atoms with E-state index in [1.165, 1.54) is 0 Å². The van der Waals surface area contributed by atoms with Crippen LogP contribution in [0.25, 0.3) is 0 Å². The molecule has 3 nitrogen and oxygen atoms in total. The Hall–Kier alpha value is -3.20. The zero-order valence-electron chi connectivity index (χ0n) is 15.2. The van der Waals surface area contributed by atoms with Crippen molar-refractivity contribution in [2.75, 3.05) is 0 Å². The SMILES string of the molecule is CC(=NOC(=O)C1CC1(c1ccccc1)c1ccccc1)c1ccccc1. The molecule has 0 saturated heterocycles. The molecule has 1 saturated carbocycles. The third-order valence-electron chi connectivity index (χ3n) is 5.29. The molecule has 0 bridgehead atoms. The lowest BCUT2D eigenvalue weighted by atomic mass is 9.86. The van der Waals surface area contributed by atoms with Gasteiger partial charge in [0.1, 0.15) is 0 Å². The fraction of sp³-hybridized carbons (Fsp3) is 0.167. The van der Waals surface area contributed by atoms with Crippen molar-refractivity contribution < 1.29 is 9.63 Å². The summed E-state index contributed by atoms with van der Waals surface area (Å²) in [5.41, 5.74) is 3.59. The molecule has 0 N–H and O–H groups in total. The molecule has 27 heavy (non-hydrogen) atoms. The predicted octanol–water partition coefficient (Wildman–Crippen LogP) is 4.96. The highest BCUT2D eigenvalue weighted by molar-refractivity contribution is 5.98. The summed E-state index contributed by atoms with van der Waals surface area (Å²) in [6.07, 6.45) is 0.736. The molecule has 0 aliphatic heterocycles. The Labute approximate surface area is 159 Å². The minimum Gasteiger partial charge on any atom is -0.318 e. The molecule has 3 aromatic rings. The molecular weight excluding hydrogens is 334 g/mol. The van der Waals surface area contributed by atoms with Crippen molar-refractivity contribution in [1.29, 1.82) is 0 Å². The van der Waals surface area contributed by atoms with E-state index in [9.17, 15) is 4.79 Å². The molecule has 1 unspecified atom stereocenters. The van der Waals surface area contributed by atoms with Crippen LogP contribution in [0, 0.1) is 5.92 Å². The average Bonchev–Trinajstić information content (AvgIpc) is 3.51. The van der Waals surface area contributed by atoms with Crippen LogP contribution in [0.5, 0.6) is 0 Å². The largest absolute Gasteiger partial charge is 0.339 e. The van der Waals surface area contributed by atoms with Crippen LogP contribution in [0.4, 0.5) is 0 Å². The maximum absolute atomic E-state index is 12.8. The van der Waals surface area contributed by atoms with Gasteiger partial charge in [-0.2, -0.15) is 0 Å². The molecule has 4 rings (SSSR count). The molecule has 0 spiro atoms. The van der Waals surface area contributed by atoms with Gasteiger partial charge in [0, 0.05) is 5.41 Å². The van der Waals surface area contributed by atoms with Gasteiger partial charge < -0.3 is 4.84 Å². The van der Waals surface area contributed by atoms with Gasteiger partial charge in [-0.05, 0) is 30.0 Å². The van der Waals surface area contributed by atoms with Crippen LogP contribution in [0.15, 0.2) is 96.2 Å². The average molecular weight is 355 g/mol. The van der Waals surface area contributed by atoms with E-state index in [0.29, 0.717) is 5.71 Å². The first kappa shape index (κ1) is 17.2. The second-order valence-corrected chi connectivity index (χ2v) is 6.91. The number of hydrogen-bond donors (Lipinski definition) is 0. The fourth-order valence-electron chi connectivity index (χ4n) is 3.73. The van der Waals surface area contributed by atoms with Gasteiger partial charge in [-0.15, -0.1) is 0 Å². The Bertz CT molecular complexity index is 910. The van der Waals surface area contributed by atoms with Crippen molar-refractivity contribution in [1.82, 2.24) is 0 Å². The summed E-state index contributed by atoms with van der Waals surface area (Å²) in [4.78, 5) is 18.1. The molecular formula is C24H21NO2. The number of rotatable bonds is 5. The molecule has 1 aliphatic carbocycles. The Balaban J connectivity index is 1.58. The third-order valence-corrected chi connectivity index (χ3v) is 5.29. The Morgan fingerprint density at radius 3 is 1.85 bits per heavy atom. The maximum Gasteiger partial charge on any atom is 0.339 e. The van der Waals surface area contributed by atoms with Crippen LogP contribution in [-0.2, 0) is 15.0 Å². The minimum atomic E-state index is -0.324. The molecule has 1 aliphatic rings. The first-order chi connectivity index (χ1) is 13.2. The number of benzene rings is 3. The smallest absolute Gasteiger partial charge is 0.318 e. The van der Waals surface area contributed by atoms with Crippen molar-refractivity contribution >= 4 is 11.7 Å². The Morgan fingerprint density at radius 1 is 0.852 bits per heavy atom. The Kier molecular flexibility index (Phi) is 4.59. The van der Waals surface area contributed by atoms with Gasteiger partial charge in [0.2, 0.25) is 0 Å². The predicted molar refractivity (Wildman–Crippen MR) is 107 cm³/mol. The highest BCUT2D eigenvalue weighted by Gasteiger charge is 2.61. The lowest BCUT2D eigenvalue weighted by Gasteiger charge is -2.18. The highest BCUT2D eigenvalue weighted by Crippen LogP contribution is 2.59. The zero-order valence-corrected chi connectivity index (χ0v) is 15.2. The first-order valence-electron chi connectivity index (χ1n) is 9.14. The van der Waals surface area contributed by atoms with Crippen molar-refractivity contribution in [2.24, 2.45) is 11.1 Å². The number of hydrogen-bond acceptors (Lipinski definition) is 3. The van der Waals surface area contributed by atoms with Crippen LogP contribution in [0.1, 0.15) is 30.0 Å². The van der Waals surface area contributed by atoms with Gasteiger partial charge in [0.25, 0.3) is 0 Å². The van der Waals surface area contributed by atoms with E-state index in [1.807, 2.05) is 73.7 Å². The van der Waals surface area contributed by atoms with Gasteiger partial charge in [0.05, 0.1) is 11.6 Å². The van der Waals surface area contributed by atoms with E-state index in [2.05, 4.69) is 29.4 Å². The second-order valence-electron chi connectivity index (χ2n) is 6.91. The molecule has 3 heteroatoms. The van der Waals surface area contributed by atoms with Gasteiger partial charge in [-0.3, -0.25) is 0 Å². The van der Waals surface area contributed by atoms with E-state index in [1.54, 1.807) is 0 Å². The molecule has 134 valence electrons. The van der Waals surface area contributed by atoms with E-state index < -0.39 is 0 Å². The van der Waals surface area contributed by atoms with Crippen LogP contribution in [0.3, 0.4) is 0 Å². The quantitative estimate of drug-likeness (QED) is 0.369. The molecule has 0 amide bonds. The van der Waals surface area contributed by atoms with E-state index in [-0.39, 0.29) is 17.3 Å². The minimum absolute atomic E-state index is 0.227. The van der Waals surface area contributed by atoms with Crippen molar-refractivity contribution in [2.45, 2.75) is 18.8 Å². The Morgan fingerprint density at radius 2 is 1.33 bits per heavy atom. The lowest BCUT2D eigenvalue weighted by molar-refractivity contribution is -0.145. The lowest BCUT2D eigenvalue weighted by Crippen LogP contribution is -2.18. The standard InChI is InChI=1S/C24H21NO2/c1-18(19-11-5-2-6-12-19)25-27-23(26)22-17-24(22,20-13-7-3-8-14-20)21-15-9-4-10-16-21/h2-16,22H,17H2,1H3. The molecule has 1 atom stereocenters. The van der Waals surface area contributed by atoms with Gasteiger partial charge in [-0.25, -0.2) is 4.79 Å². The number of nitrogens with zero attached hydrogens (tertiary/aromatic N) is 1. The van der Waals surface area contributed by atoms with Gasteiger partial charge >= 0.3 is 5.97 Å². The van der Waals surface area contributed by atoms with Gasteiger partial charge in [0.15, 0.2) is 0 Å². The number of carbonyl (C=O) groups is 1. The third kappa shape index (κ3) is 3.28. The molecule has 0 heterocycles. The van der Waals surface area contributed by atoms with Crippen molar-refractivity contribution in [3.8, 4) is 0 Å². The van der Waals surface area contributed by atoms with E-state index >= 15 is 0 Å². The second kappa shape index (κ2) is 7.20. The summed E-state index contributed by atoms with van der Waals surface area (Å²) in [6, 6.07) is 30.1. The normalized spacial score (nSPS) is 18.0. The summed E-state index contributed by atoms with van der Waals surface area (Å²) in [5, 5.41) is 4.08. The van der Waals surface area contributed by atoms with Crippen molar-refractivity contribution in [3.63, 3.8) is 0 Å². The summed E-state index contributed by atoms with van der Waals surface area (Å²) in [5.74, 6) is -0.507. The number of carbonyl (C=O) groups excluding carboxylic acids is 1. The summed E-state index contributed by atoms with van der Waals surface area (Å²) < 4.78 is 0. The van der Waals surface area contributed by atoms with E-state index in [4.69, 9.17) is 4.84 Å². The highest BCUT2D eigenvalue weighted by atomic mass is 16.7. The molecule has 0 aromatic heterocycles. The van der Waals surface area contributed by atoms with E-state index in [0.717, 1.165) is 23.1 Å².